The maximum atomic E-state index is 9.99. The quantitative estimate of drug-likeness (QED) is 0.578. The fraction of sp³-hybridized carbons (Fsp3) is 0.125. The van der Waals surface area contributed by atoms with E-state index in [1.54, 1.807) is 0 Å². The fourth-order valence-electron chi connectivity index (χ4n) is 2.18. The number of hydrogen-bond acceptors (Lipinski definition) is 3. The summed E-state index contributed by atoms with van der Waals surface area (Å²) in [5.41, 5.74) is 4.26. The Morgan fingerprint density at radius 3 is 2.62 bits per heavy atom. The molecule has 0 aliphatic carbocycles. The number of azo groups is 1. The summed E-state index contributed by atoms with van der Waals surface area (Å²) in [5, 5.41) is 19.3. The Bertz CT molecular complexity index is 852. The van der Waals surface area contributed by atoms with E-state index in [4.69, 9.17) is 0 Å². The van der Waals surface area contributed by atoms with Gasteiger partial charge in [-0.05, 0) is 49.7 Å². The molecule has 3 aromatic rings. The maximum absolute atomic E-state index is 9.99. The van der Waals surface area contributed by atoms with Crippen molar-refractivity contribution in [2.45, 2.75) is 13.8 Å². The normalized spacial score (nSPS) is 11.6. The zero-order chi connectivity index (χ0) is 15.0. The van der Waals surface area contributed by atoms with Crippen molar-refractivity contribution < 1.29 is 5.11 Å². The van der Waals surface area contributed by atoms with E-state index in [0.717, 1.165) is 32.2 Å². The lowest BCUT2D eigenvalue weighted by atomic mass is 10.1. The van der Waals surface area contributed by atoms with Crippen molar-refractivity contribution >= 4 is 38.2 Å². The van der Waals surface area contributed by atoms with E-state index in [1.165, 1.54) is 0 Å². The molecule has 2 N–H and O–H groups in total. The highest BCUT2D eigenvalue weighted by atomic mass is 79.9. The van der Waals surface area contributed by atoms with E-state index in [1.807, 2.05) is 50.2 Å². The highest BCUT2D eigenvalue weighted by molar-refractivity contribution is 9.10. The van der Waals surface area contributed by atoms with Gasteiger partial charge in [-0.2, -0.15) is 5.11 Å². The molecule has 106 valence electrons. The smallest absolute Gasteiger partial charge is 0.218 e. The number of aromatic nitrogens is 1. The number of rotatable bonds is 2. The van der Waals surface area contributed by atoms with Gasteiger partial charge >= 0.3 is 0 Å². The molecule has 5 heteroatoms. The van der Waals surface area contributed by atoms with Crippen LogP contribution >= 0.6 is 15.9 Å². The second-order valence-electron chi connectivity index (χ2n) is 5.00. The van der Waals surface area contributed by atoms with Crippen LogP contribution < -0.4 is 0 Å². The number of H-pyrrole nitrogens is 1. The molecule has 2 aromatic carbocycles. The van der Waals surface area contributed by atoms with E-state index in [0.29, 0.717) is 5.69 Å². The number of aromatic amines is 1. The Kier molecular flexibility index (Phi) is 3.51. The molecule has 1 heterocycles. The van der Waals surface area contributed by atoms with Crippen molar-refractivity contribution in [2.24, 2.45) is 10.2 Å². The van der Waals surface area contributed by atoms with Gasteiger partial charge in [-0.15, -0.1) is 5.11 Å². The van der Waals surface area contributed by atoms with Crippen LogP contribution in [-0.2, 0) is 0 Å². The number of nitrogens with one attached hydrogen (secondary N) is 1. The zero-order valence-electron chi connectivity index (χ0n) is 11.7. The summed E-state index contributed by atoms with van der Waals surface area (Å²) < 4.78 is 1.03. The first kappa shape index (κ1) is 13.8. The van der Waals surface area contributed by atoms with Crippen LogP contribution in [0.2, 0.25) is 0 Å². The maximum Gasteiger partial charge on any atom is 0.218 e. The molecule has 0 saturated heterocycles. The first-order chi connectivity index (χ1) is 10.0. The lowest BCUT2D eigenvalue weighted by molar-refractivity contribution is 0.459. The van der Waals surface area contributed by atoms with Crippen LogP contribution in [0.5, 0.6) is 5.88 Å². The third-order valence-electron chi connectivity index (χ3n) is 3.31. The average Bonchev–Trinajstić information content (AvgIpc) is 2.75. The van der Waals surface area contributed by atoms with Crippen LogP contribution in [-0.4, -0.2) is 10.1 Å². The van der Waals surface area contributed by atoms with Crippen molar-refractivity contribution in [2.75, 3.05) is 0 Å². The van der Waals surface area contributed by atoms with E-state index < -0.39 is 0 Å². The van der Waals surface area contributed by atoms with Crippen LogP contribution in [0.25, 0.3) is 10.9 Å². The number of aromatic hydroxyl groups is 1. The molecule has 1 aromatic heterocycles. The van der Waals surface area contributed by atoms with Gasteiger partial charge in [0.2, 0.25) is 5.88 Å². The first-order valence-corrected chi connectivity index (χ1v) is 7.33. The molecular formula is C16H14BrN3O. The van der Waals surface area contributed by atoms with E-state index in [9.17, 15) is 5.11 Å². The third kappa shape index (κ3) is 2.69. The van der Waals surface area contributed by atoms with E-state index >= 15 is 0 Å². The minimum atomic E-state index is 0.0354. The predicted molar refractivity (Wildman–Crippen MR) is 87.8 cm³/mol. The van der Waals surface area contributed by atoms with Crippen molar-refractivity contribution in [3.05, 3.63) is 52.0 Å². The van der Waals surface area contributed by atoms with Crippen molar-refractivity contribution in [3.8, 4) is 5.88 Å². The van der Waals surface area contributed by atoms with Crippen LogP contribution in [0.4, 0.5) is 11.4 Å². The Morgan fingerprint density at radius 1 is 1.05 bits per heavy atom. The third-order valence-corrected chi connectivity index (χ3v) is 4.20. The average molecular weight is 344 g/mol. The summed E-state index contributed by atoms with van der Waals surface area (Å²) in [6.45, 7) is 4.00. The van der Waals surface area contributed by atoms with Crippen LogP contribution in [0.15, 0.2) is 51.1 Å². The molecule has 0 radical (unpaired) electrons. The molecule has 3 rings (SSSR count). The van der Waals surface area contributed by atoms with Crippen molar-refractivity contribution in [1.29, 1.82) is 0 Å². The van der Waals surface area contributed by atoms with Gasteiger partial charge in [-0.1, -0.05) is 27.6 Å². The van der Waals surface area contributed by atoms with E-state index in [-0.39, 0.29) is 5.88 Å². The van der Waals surface area contributed by atoms with Crippen molar-refractivity contribution in [1.82, 2.24) is 4.98 Å². The van der Waals surface area contributed by atoms with Gasteiger partial charge in [0.05, 0.1) is 11.2 Å². The topological polar surface area (TPSA) is 60.7 Å². The number of benzene rings is 2. The first-order valence-electron chi connectivity index (χ1n) is 6.54. The molecule has 0 unspecified atom stereocenters. The molecule has 0 spiro atoms. The number of aryl methyl sites for hydroxylation is 2. The van der Waals surface area contributed by atoms with Gasteiger partial charge in [0.1, 0.15) is 0 Å². The molecule has 4 nitrogen and oxygen atoms in total. The SMILES string of the molecule is Cc1ccc2[nH]c(O)c(N=Nc3ccc(Br)c(C)c3)c2c1. The molecular weight excluding hydrogens is 330 g/mol. The fourth-order valence-corrected chi connectivity index (χ4v) is 2.42. The minimum absolute atomic E-state index is 0.0354. The molecule has 21 heavy (non-hydrogen) atoms. The second kappa shape index (κ2) is 5.33. The zero-order valence-corrected chi connectivity index (χ0v) is 13.3. The lowest BCUT2D eigenvalue weighted by Gasteiger charge is -1.98. The van der Waals surface area contributed by atoms with Gasteiger partial charge < -0.3 is 10.1 Å². The van der Waals surface area contributed by atoms with Gasteiger partial charge in [-0.25, -0.2) is 0 Å². The molecule has 0 atom stereocenters. The Labute approximate surface area is 130 Å². The standard InChI is InChI=1S/C16H14BrN3O/c1-9-3-6-14-12(7-9)15(16(21)18-14)20-19-11-4-5-13(17)10(2)8-11/h3-8,18,21H,1-2H3. The van der Waals surface area contributed by atoms with Gasteiger partial charge in [-0.3, -0.25) is 0 Å². The van der Waals surface area contributed by atoms with Gasteiger partial charge in [0.25, 0.3) is 0 Å². The highest BCUT2D eigenvalue weighted by Gasteiger charge is 2.10. The van der Waals surface area contributed by atoms with Crippen molar-refractivity contribution in [3.63, 3.8) is 0 Å². The molecule has 0 fully saturated rings. The second-order valence-corrected chi connectivity index (χ2v) is 5.86. The summed E-state index contributed by atoms with van der Waals surface area (Å²) >= 11 is 3.45. The number of nitrogens with zero attached hydrogens (tertiary/aromatic N) is 2. The van der Waals surface area contributed by atoms with Gasteiger partial charge in [0, 0.05) is 9.86 Å². The molecule has 0 amide bonds. The molecule has 0 bridgehead atoms. The van der Waals surface area contributed by atoms with Crippen LogP contribution in [0.3, 0.4) is 0 Å². The molecule has 0 aliphatic heterocycles. The summed E-state index contributed by atoms with van der Waals surface area (Å²) in [6.07, 6.45) is 0. The Hall–Kier alpha value is -2.14. The van der Waals surface area contributed by atoms with Gasteiger partial charge in [0.15, 0.2) is 5.69 Å². The van der Waals surface area contributed by atoms with Crippen LogP contribution in [0.1, 0.15) is 11.1 Å². The predicted octanol–water partition coefficient (Wildman–Crippen LogP) is 5.67. The Morgan fingerprint density at radius 2 is 1.86 bits per heavy atom. The summed E-state index contributed by atoms with van der Waals surface area (Å²) in [6, 6.07) is 11.6. The number of hydrogen-bond donors (Lipinski definition) is 2. The summed E-state index contributed by atoms with van der Waals surface area (Å²) in [4.78, 5) is 2.91. The summed E-state index contributed by atoms with van der Waals surface area (Å²) in [7, 11) is 0. The number of halogens is 1. The monoisotopic (exact) mass is 343 g/mol. The number of fused-ring (bicyclic) bond motifs is 1. The lowest BCUT2D eigenvalue weighted by Crippen LogP contribution is -1.73. The van der Waals surface area contributed by atoms with Crippen LogP contribution in [0, 0.1) is 13.8 Å². The largest absolute Gasteiger partial charge is 0.493 e. The van der Waals surface area contributed by atoms with E-state index in [2.05, 4.69) is 31.1 Å². The summed E-state index contributed by atoms with van der Waals surface area (Å²) in [5.74, 6) is 0.0354. The highest BCUT2D eigenvalue weighted by Crippen LogP contribution is 2.36. The Balaban J connectivity index is 2.04. The molecule has 0 saturated carbocycles. The minimum Gasteiger partial charge on any atom is -0.493 e. The molecule has 0 aliphatic rings.